The van der Waals surface area contributed by atoms with Gasteiger partial charge < -0.3 is 19.9 Å². The maximum absolute atomic E-state index is 12.7. The lowest BCUT2D eigenvalue weighted by Gasteiger charge is -2.32. The largest absolute Gasteiger partial charge is 0.397 e. The first-order valence-electron chi connectivity index (χ1n) is 7.28. The molecule has 1 unspecified atom stereocenters. The first-order chi connectivity index (χ1) is 9.52. The number of nitrogens with zero attached hydrogens (tertiary/aromatic N) is 2. The van der Waals surface area contributed by atoms with Crippen molar-refractivity contribution < 1.29 is 9.53 Å². The third kappa shape index (κ3) is 3.15. The van der Waals surface area contributed by atoms with Gasteiger partial charge in [0.1, 0.15) is 5.69 Å². The standard InChI is InChI=1S/C15H25N3O2/c1-11(2)18-9-13(16)7-14(18)15(19)17-6-4-5-12(8-17)10-20-3/h7,9,11-12H,4-6,8,10,16H2,1-3H3. The number of carbonyl (C=O) groups excluding carboxylic acids is 1. The third-order valence-corrected chi connectivity index (χ3v) is 3.85. The zero-order chi connectivity index (χ0) is 14.7. The summed E-state index contributed by atoms with van der Waals surface area (Å²) in [6, 6.07) is 2.01. The summed E-state index contributed by atoms with van der Waals surface area (Å²) >= 11 is 0. The molecule has 1 aromatic rings. The topological polar surface area (TPSA) is 60.5 Å². The highest BCUT2D eigenvalue weighted by Crippen LogP contribution is 2.22. The SMILES string of the molecule is COCC1CCCN(C(=O)c2cc(N)cn2C(C)C)C1. The molecule has 2 N–H and O–H groups in total. The normalized spacial score (nSPS) is 19.6. The van der Waals surface area contributed by atoms with Gasteiger partial charge in [-0.15, -0.1) is 0 Å². The van der Waals surface area contributed by atoms with Gasteiger partial charge in [0.05, 0.1) is 12.3 Å². The Labute approximate surface area is 120 Å². The van der Waals surface area contributed by atoms with Crippen molar-refractivity contribution in [2.24, 2.45) is 5.92 Å². The lowest BCUT2D eigenvalue weighted by atomic mass is 9.98. The number of hydrogen-bond acceptors (Lipinski definition) is 3. The second-order valence-corrected chi connectivity index (χ2v) is 5.87. The van der Waals surface area contributed by atoms with E-state index in [0.717, 1.165) is 32.5 Å². The van der Waals surface area contributed by atoms with Crippen molar-refractivity contribution in [1.29, 1.82) is 0 Å². The van der Waals surface area contributed by atoms with Crippen LogP contribution in [-0.2, 0) is 4.74 Å². The summed E-state index contributed by atoms with van der Waals surface area (Å²) < 4.78 is 7.17. The van der Waals surface area contributed by atoms with Gasteiger partial charge in [-0.1, -0.05) is 0 Å². The Morgan fingerprint density at radius 1 is 1.55 bits per heavy atom. The number of hydrogen-bond donors (Lipinski definition) is 1. The maximum atomic E-state index is 12.7. The molecule has 0 bridgehead atoms. The van der Waals surface area contributed by atoms with Crippen LogP contribution >= 0.6 is 0 Å². The molecule has 0 spiro atoms. The fourth-order valence-electron chi connectivity index (χ4n) is 2.88. The number of anilines is 1. The van der Waals surface area contributed by atoms with E-state index in [0.29, 0.717) is 17.3 Å². The number of rotatable bonds is 4. The van der Waals surface area contributed by atoms with Gasteiger partial charge in [0, 0.05) is 32.4 Å². The summed E-state index contributed by atoms with van der Waals surface area (Å²) in [7, 11) is 1.71. The number of ether oxygens (including phenoxy) is 1. The van der Waals surface area contributed by atoms with Crippen molar-refractivity contribution in [3.63, 3.8) is 0 Å². The summed E-state index contributed by atoms with van der Waals surface area (Å²) in [6.45, 7) is 6.43. The minimum atomic E-state index is 0.0798. The number of piperidine rings is 1. The minimum Gasteiger partial charge on any atom is -0.397 e. The Morgan fingerprint density at radius 2 is 2.30 bits per heavy atom. The second kappa shape index (κ2) is 6.31. The van der Waals surface area contributed by atoms with Crippen molar-refractivity contribution >= 4 is 11.6 Å². The Balaban J connectivity index is 2.14. The van der Waals surface area contributed by atoms with E-state index in [1.54, 1.807) is 13.2 Å². The summed E-state index contributed by atoms with van der Waals surface area (Å²) in [5, 5.41) is 0. The predicted octanol–water partition coefficient (Wildman–Crippen LogP) is 2.15. The average molecular weight is 279 g/mol. The molecule has 5 nitrogen and oxygen atoms in total. The molecule has 1 aliphatic heterocycles. The molecule has 0 saturated carbocycles. The van der Waals surface area contributed by atoms with Crippen LogP contribution in [-0.4, -0.2) is 42.2 Å². The molecule has 1 fully saturated rings. The Bertz CT molecular complexity index is 466. The van der Waals surface area contributed by atoms with E-state index in [4.69, 9.17) is 10.5 Å². The van der Waals surface area contributed by atoms with E-state index < -0.39 is 0 Å². The maximum Gasteiger partial charge on any atom is 0.270 e. The van der Waals surface area contributed by atoms with E-state index in [2.05, 4.69) is 13.8 Å². The molecule has 1 aromatic heterocycles. The molecule has 1 saturated heterocycles. The number of nitrogens with two attached hydrogens (primary N) is 1. The number of amides is 1. The van der Waals surface area contributed by atoms with Crippen LogP contribution in [0, 0.1) is 5.92 Å². The van der Waals surface area contributed by atoms with E-state index in [1.807, 2.05) is 15.7 Å². The van der Waals surface area contributed by atoms with Crippen LogP contribution in [0.1, 0.15) is 43.2 Å². The lowest BCUT2D eigenvalue weighted by Crippen LogP contribution is -2.41. The monoisotopic (exact) mass is 279 g/mol. The summed E-state index contributed by atoms with van der Waals surface area (Å²) in [4.78, 5) is 14.6. The van der Waals surface area contributed by atoms with Gasteiger partial charge in [0.25, 0.3) is 5.91 Å². The lowest BCUT2D eigenvalue weighted by molar-refractivity contribution is 0.0560. The Kier molecular flexibility index (Phi) is 4.70. The molecule has 20 heavy (non-hydrogen) atoms. The van der Waals surface area contributed by atoms with E-state index in [9.17, 15) is 4.79 Å². The number of aromatic nitrogens is 1. The van der Waals surface area contributed by atoms with Crippen LogP contribution in [0.4, 0.5) is 5.69 Å². The van der Waals surface area contributed by atoms with Crippen molar-refractivity contribution in [1.82, 2.24) is 9.47 Å². The molecule has 112 valence electrons. The highest BCUT2D eigenvalue weighted by Gasteiger charge is 2.26. The summed E-state index contributed by atoms with van der Waals surface area (Å²) in [5.41, 5.74) is 7.18. The van der Waals surface area contributed by atoms with Gasteiger partial charge >= 0.3 is 0 Å². The minimum absolute atomic E-state index is 0.0798. The molecule has 2 rings (SSSR count). The molecule has 0 aliphatic carbocycles. The van der Waals surface area contributed by atoms with Crippen LogP contribution in [0.3, 0.4) is 0 Å². The molecule has 1 amide bonds. The van der Waals surface area contributed by atoms with Crippen LogP contribution in [0.5, 0.6) is 0 Å². The zero-order valence-corrected chi connectivity index (χ0v) is 12.6. The average Bonchev–Trinajstić information content (AvgIpc) is 2.81. The molecule has 1 aliphatic rings. The highest BCUT2D eigenvalue weighted by atomic mass is 16.5. The second-order valence-electron chi connectivity index (χ2n) is 5.87. The van der Waals surface area contributed by atoms with Crippen molar-refractivity contribution in [3.05, 3.63) is 18.0 Å². The van der Waals surface area contributed by atoms with Crippen LogP contribution in [0.25, 0.3) is 0 Å². The van der Waals surface area contributed by atoms with E-state index >= 15 is 0 Å². The number of methoxy groups -OCH3 is 1. The molecular formula is C15H25N3O2. The van der Waals surface area contributed by atoms with E-state index in [1.165, 1.54) is 0 Å². The predicted molar refractivity (Wildman–Crippen MR) is 79.7 cm³/mol. The Hall–Kier alpha value is -1.49. The van der Waals surface area contributed by atoms with Gasteiger partial charge in [-0.25, -0.2) is 0 Å². The number of carbonyl (C=O) groups is 1. The molecular weight excluding hydrogens is 254 g/mol. The molecule has 5 heteroatoms. The molecule has 1 atom stereocenters. The first kappa shape index (κ1) is 14.9. The fraction of sp³-hybridized carbons (Fsp3) is 0.667. The smallest absolute Gasteiger partial charge is 0.270 e. The van der Waals surface area contributed by atoms with Gasteiger partial charge in [-0.2, -0.15) is 0 Å². The van der Waals surface area contributed by atoms with Gasteiger partial charge in [-0.05, 0) is 38.7 Å². The van der Waals surface area contributed by atoms with E-state index in [-0.39, 0.29) is 11.9 Å². The van der Waals surface area contributed by atoms with Crippen molar-refractivity contribution in [3.8, 4) is 0 Å². The van der Waals surface area contributed by atoms with Gasteiger partial charge in [0.15, 0.2) is 0 Å². The Morgan fingerprint density at radius 3 is 2.95 bits per heavy atom. The highest BCUT2D eigenvalue weighted by molar-refractivity contribution is 5.94. The fourth-order valence-corrected chi connectivity index (χ4v) is 2.88. The quantitative estimate of drug-likeness (QED) is 0.918. The zero-order valence-electron chi connectivity index (χ0n) is 12.6. The van der Waals surface area contributed by atoms with Crippen LogP contribution in [0.2, 0.25) is 0 Å². The van der Waals surface area contributed by atoms with Crippen molar-refractivity contribution in [2.75, 3.05) is 32.5 Å². The summed E-state index contributed by atoms with van der Waals surface area (Å²) in [6.07, 6.45) is 4.01. The summed E-state index contributed by atoms with van der Waals surface area (Å²) in [5.74, 6) is 0.522. The first-order valence-corrected chi connectivity index (χ1v) is 7.28. The third-order valence-electron chi connectivity index (χ3n) is 3.85. The van der Waals surface area contributed by atoms with Crippen LogP contribution in [0.15, 0.2) is 12.3 Å². The molecule has 0 radical (unpaired) electrons. The van der Waals surface area contributed by atoms with Gasteiger partial charge in [-0.3, -0.25) is 4.79 Å². The number of likely N-dealkylation sites (tertiary alicyclic amines) is 1. The molecule has 2 heterocycles. The molecule has 0 aromatic carbocycles. The number of nitrogen functional groups attached to an aromatic ring is 1. The van der Waals surface area contributed by atoms with Crippen LogP contribution < -0.4 is 5.73 Å². The van der Waals surface area contributed by atoms with Crippen molar-refractivity contribution in [2.45, 2.75) is 32.7 Å². The van der Waals surface area contributed by atoms with Gasteiger partial charge in [0.2, 0.25) is 0 Å².